The molecule has 21 heavy (non-hydrogen) atoms. The molecule has 0 bridgehead atoms. The average Bonchev–Trinajstić information content (AvgIpc) is 3.10. The van der Waals surface area contributed by atoms with Gasteiger partial charge < -0.3 is 0 Å². The molecule has 0 fully saturated rings. The smallest absolute Gasteiger partial charge is 0.200 e. The van der Waals surface area contributed by atoms with Gasteiger partial charge >= 0.3 is 0 Å². The molecule has 0 saturated heterocycles. The van der Waals surface area contributed by atoms with Crippen LogP contribution in [0.2, 0.25) is 0 Å². The van der Waals surface area contributed by atoms with Gasteiger partial charge in [-0.25, -0.2) is 0 Å². The van der Waals surface area contributed by atoms with Crippen LogP contribution in [0.15, 0.2) is 36.4 Å². The molecular weight excluding hydrogens is 282 g/mol. The van der Waals surface area contributed by atoms with Crippen molar-refractivity contribution in [3.63, 3.8) is 0 Å². The van der Waals surface area contributed by atoms with Crippen molar-refractivity contribution >= 4 is 12.2 Å². The summed E-state index contributed by atoms with van der Waals surface area (Å²) < 4.78 is 4.49. The molecule has 0 spiro atoms. The van der Waals surface area contributed by atoms with Crippen molar-refractivity contribution < 1.29 is 0 Å². The maximum atomic E-state index is 5.38. The van der Waals surface area contributed by atoms with Crippen molar-refractivity contribution in [1.29, 1.82) is 0 Å². The highest BCUT2D eigenvalue weighted by Gasteiger charge is 2.16. The summed E-state index contributed by atoms with van der Waals surface area (Å²) in [4.78, 5) is 0. The Morgan fingerprint density at radius 3 is 2.62 bits per heavy atom. The maximum absolute atomic E-state index is 5.38. The monoisotopic (exact) mass is 299 g/mol. The Bertz CT molecular complexity index is 797. The van der Waals surface area contributed by atoms with E-state index in [1.165, 1.54) is 0 Å². The van der Waals surface area contributed by atoms with Gasteiger partial charge in [0.25, 0.3) is 0 Å². The first-order valence-electron chi connectivity index (χ1n) is 7.04. The van der Waals surface area contributed by atoms with Crippen LogP contribution in [0.25, 0.3) is 17.2 Å². The molecule has 6 heteroatoms. The van der Waals surface area contributed by atoms with Crippen LogP contribution in [0.3, 0.4) is 0 Å². The summed E-state index contributed by atoms with van der Waals surface area (Å²) >= 11 is 5.38. The van der Waals surface area contributed by atoms with E-state index in [0.717, 1.165) is 35.9 Å². The van der Waals surface area contributed by atoms with Gasteiger partial charge in [0.1, 0.15) is 5.69 Å². The predicted molar refractivity (Wildman–Crippen MR) is 85.0 cm³/mol. The van der Waals surface area contributed by atoms with E-state index in [9.17, 15) is 0 Å². The average molecular weight is 299 g/mol. The summed E-state index contributed by atoms with van der Waals surface area (Å²) in [6.07, 6.45) is 0.899. The summed E-state index contributed by atoms with van der Waals surface area (Å²) in [6, 6.07) is 12.1. The standard InChI is InChI=1S/C15H17N5S/c1-3-11-10-13(19(4-2)18-11)14-16-17-15(21)20(14)12-8-6-5-7-9-12/h5-10H,3-4H2,1-2H3,(H,17,21). The van der Waals surface area contributed by atoms with Crippen molar-refractivity contribution in [2.75, 3.05) is 0 Å². The molecule has 2 aromatic heterocycles. The summed E-state index contributed by atoms with van der Waals surface area (Å²) in [5.74, 6) is 0.792. The Labute approximate surface area is 128 Å². The third-order valence-corrected chi connectivity index (χ3v) is 3.68. The molecule has 0 radical (unpaired) electrons. The Hall–Kier alpha value is -2.21. The second kappa shape index (κ2) is 5.65. The van der Waals surface area contributed by atoms with Crippen LogP contribution >= 0.6 is 12.2 Å². The molecule has 1 aromatic carbocycles. The van der Waals surface area contributed by atoms with E-state index in [1.807, 2.05) is 39.6 Å². The molecular formula is C15H17N5S. The van der Waals surface area contributed by atoms with E-state index in [4.69, 9.17) is 12.2 Å². The number of nitrogens with one attached hydrogen (secondary N) is 1. The summed E-state index contributed by atoms with van der Waals surface area (Å²) in [7, 11) is 0. The maximum Gasteiger partial charge on any atom is 0.200 e. The van der Waals surface area contributed by atoms with E-state index >= 15 is 0 Å². The van der Waals surface area contributed by atoms with Gasteiger partial charge in [0, 0.05) is 6.54 Å². The summed E-state index contributed by atoms with van der Waals surface area (Å²) in [6.45, 7) is 4.97. The molecule has 0 aliphatic rings. The summed E-state index contributed by atoms with van der Waals surface area (Å²) in [5, 5.41) is 11.9. The van der Waals surface area contributed by atoms with Crippen LogP contribution < -0.4 is 0 Å². The van der Waals surface area contributed by atoms with Gasteiger partial charge in [0.2, 0.25) is 0 Å². The van der Waals surface area contributed by atoms with E-state index < -0.39 is 0 Å². The first-order valence-corrected chi connectivity index (χ1v) is 7.45. The lowest BCUT2D eigenvalue weighted by Gasteiger charge is -2.07. The SMILES string of the molecule is CCc1cc(-c2n[nH]c(=S)n2-c2ccccc2)n(CC)n1. The Morgan fingerprint density at radius 2 is 1.95 bits per heavy atom. The van der Waals surface area contributed by atoms with Gasteiger partial charge in [-0.3, -0.25) is 14.3 Å². The number of aryl methyl sites for hydroxylation is 2. The minimum absolute atomic E-state index is 0.582. The molecule has 0 aliphatic carbocycles. The number of aromatic amines is 1. The Kier molecular flexibility index (Phi) is 3.70. The fourth-order valence-corrected chi connectivity index (χ4v) is 2.59. The zero-order valence-corrected chi connectivity index (χ0v) is 12.9. The van der Waals surface area contributed by atoms with E-state index in [-0.39, 0.29) is 0 Å². The van der Waals surface area contributed by atoms with E-state index in [1.54, 1.807) is 0 Å². The van der Waals surface area contributed by atoms with Crippen molar-refractivity contribution in [3.8, 4) is 17.2 Å². The highest BCUT2D eigenvalue weighted by atomic mass is 32.1. The molecule has 3 rings (SSSR count). The van der Waals surface area contributed by atoms with Crippen molar-refractivity contribution in [3.05, 3.63) is 46.9 Å². The van der Waals surface area contributed by atoms with Gasteiger partial charge in [-0.1, -0.05) is 25.1 Å². The van der Waals surface area contributed by atoms with Crippen molar-refractivity contribution in [1.82, 2.24) is 24.5 Å². The highest BCUT2D eigenvalue weighted by Crippen LogP contribution is 2.22. The first-order chi connectivity index (χ1) is 10.2. The number of hydrogen-bond acceptors (Lipinski definition) is 3. The Morgan fingerprint density at radius 1 is 1.19 bits per heavy atom. The van der Waals surface area contributed by atoms with Crippen LogP contribution in [-0.2, 0) is 13.0 Å². The number of benzene rings is 1. The molecule has 0 atom stereocenters. The van der Waals surface area contributed by atoms with Gasteiger partial charge in [-0.15, -0.1) is 0 Å². The fourth-order valence-electron chi connectivity index (χ4n) is 2.35. The molecule has 0 unspecified atom stereocenters. The largest absolute Gasteiger partial charge is 0.267 e. The lowest BCUT2D eigenvalue weighted by molar-refractivity contribution is 0.651. The molecule has 3 aromatic rings. The lowest BCUT2D eigenvalue weighted by Crippen LogP contribution is -2.04. The first kappa shape index (κ1) is 13.8. The second-order valence-electron chi connectivity index (χ2n) is 4.71. The van der Waals surface area contributed by atoms with Gasteiger partial charge in [0.05, 0.1) is 11.4 Å². The summed E-state index contributed by atoms with van der Waals surface area (Å²) in [5.41, 5.74) is 3.03. The second-order valence-corrected chi connectivity index (χ2v) is 5.10. The number of hydrogen-bond donors (Lipinski definition) is 1. The third-order valence-electron chi connectivity index (χ3n) is 3.41. The van der Waals surface area contributed by atoms with Crippen LogP contribution in [-0.4, -0.2) is 24.5 Å². The van der Waals surface area contributed by atoms with Crippen LogP contribution in [0.5, 0.6) is 0 Å². The quantitative estimate of drug-likeness (QED) is 0.751. The topological polar surface area (TPSA) is 51.4 Å². The van der Waals surface area contributed by atoms with Gasteiger partial charge in [-0.05, 0) is 43.8 Å². The zero-order valence-electron chi connectivity index (χ0n) is 12.1. The van der Waals surface area contributed by atoms with Crippen molar-refractivity contribution in [2.45, 2.75) is 26.8 Å². The fraction of sp³-hybridized carbons (Fsp3) is 0.267. The number of aromatic nitrogens is 5. The van der Waals surface area contributed by atoms with Gasteiger partial charge in [-0.2, -0.15) is 10.2 Å². The van der Waals surface area contributed by atoms with Crippen molar-refractivity contribution in [2.24, 2.45) is 0 Å². The molecule has 5 nitrogen and oxygen atoms in total. The number of nitrogens with zero attached hydrogens (tertiary/aromatic N) is 4. The molecule has 0 amide bonds. The predicted octanol–water partition coefficient (Wildman–Crippen LogP) is 3.38. The van der Waals surface area contributed by atoms with E-state index in [2.05, 4.69) is 35.2 Å². The molecule has 108 valence electrons. The molecule has 0 aliphatic heterocycles. The van der Waals surface area contributed by atoms with Crippen LogP contribution in [0, 0.1) is 4.77 Å². The zero-order chi connectivity index (χ0) is 14.8. The Balaban J connectivity index is 2.21. The van der Waals surface area contributed by atoms with Crippen LogP contribution in [0.1, 0.15) is 19.5 Å². The third kappa shape index (κ3) is 2.42. The van der Waals surface area contributed by atoms with Crippen LogP contribution in [0.4, 0.5) is 0 Å². The normalized spacial score (nSPS) is 11.0. The van der Waals surface area contributed by atoms with Gasteiger partial charge in [0.15, 0.2) is 10.6 Å². The molecule has 1 N–H and O–H groups in total. The highest BCUT2D eigenvalue weighted by molar-refractivity contribution is 7.71. The minimum atomic E-state index is 0.582. The number of H-pyrrole nitrogens is 1. The molecule has 0 saturated carbocycles. The molecule has 2 heterocycles. The minimum Gasteiger partial charge on any atom is -0.267 e. The lowest BCUT2D eigenvalue weighted by atomic mass is 10.2. The van der Waals surface area contributed by atoms with E-state index in [0.29, 0.717) is 4.77 Å². The number of para-hydroxylation sites is 1. The number of rotatable bonds is 4.